The minimum Gasteiger partial charge on any atom is -0.366 e. The van der Waals surface area contributed by atoms with Gasteiger partial charge in [-0.05, 0) is 48.9 Å². The van der Waals surface area contributed by atoms with E-state index in [1.807, 2.05) is 0 Å². The van der Waals surface area contributed by atoms with Crippen molar-refractivity contribution in [3.63, 3.8) is 0 Å². The minimum absolute atomic E-state index is 0.249. The fourth-order valence-electron chi connectivity index (χ4n) is 1.94. The SMILES string of the molecule is Cc1ccc(N(C(=O)/C=C\C(N)=O)c2ccc(F)cc2)cc1F. The van der Waals surface area contributed by atoms with Gasteiger partial charge in [-0.1, -0.05) is 6.07 Å². The smallest absolute Gasteiger partial charge is 0.255 e. The minimum atomic E-state index is -0.785. The molecule has 0 unspecified atom stereocenters. The van der Waals surface area contributed by atoms with Crippen LogP contribution in [0.1, 0.15) is 5.56 Å². The van der Waals surface area contributed by atoms with E-state index in [-0.39, 0.29) is 5.69 Å². The zero-order chi connectivity index (χ0) is 17.0. The quantitative estimate of drug-likeness (QED) is 0.881. The fourth-order valence-corrected chi connectivity index (χ4v) is 1.94. The normalized spacial score (nSPS) is 10.7. The fraction of sp³-hybridized carbons (Fsp3) is 0.0588. The molecule has 0 aromatic heterocycles. The van der Waals surface area contributed by atoms with Crippen molar-refractivity contribution in [3.8, 4) is 0 Å². The van der Waals surface area contributed by atoms with Crippen molar-refractivity contribution < 1.29 is 18.4 Å². The van der Waals surface area contributed by atoms with Crippen LogP contribution in [-0.2, 0) is 9.59 Å². The molecule has 2 amide bonds. The Bertz CT molecular complexity index is 771. The van der Waals surface area contributed by atoms with Crippen molar-refractivity contribution in [3.05, 3.63) is 71.8 Å². The van der Waals surface area contributed by atoms with Gasteiger partial charge in [0.25, 0.3) is 5.91 Å². The second-order valence-electron chi connectivity index (χ2n) is 4.82. The predicted octanol–water partition coefficient (Wildman–Crippen LogP) is 2.98. The maximum Gasteiger partial charge on any atom is 0.255 e. The standard InChI is InChI=1S/C17H14F2N2O2/c1-11-2-5-14(10-15(11)19)21(17(23)9-8-16(20)22)13-6-3-12(18)4-7-13/h2-10H,1H3,(H2,20,22)/b9-8-. The lowest BCUT2D eigenvalue weighted by Gasteiger charge is -2.22. The monoisotopic (exact) mass is 316 g/mol. The van der Waals surface area contributed by atoms with Crippen molar-refractivity contribution in [2.75, 3.05) is 4.90 Å². The molecule has 0 atom stereocenters. The Balaban J connectivity index is 2.50. The van der Waals surface area contributed by atoms with Crippen molar-refractivity contribution in [1.29, 1.82) is 0 Å². The number of nitrogens with zero attached hydrogens (tertiary/aromatic N) is 1. The van der Waals surface area contributed by atoms with E-state index in [0.29, 0.717) is 11.3 Å². The number of carbonyl (C=O) groups is 2. The Morgan fingerprint density at radius 3 is 2.17 bits per heavy atom. The topological polar surface area (TPSA) is 63.4 Å². The van der Waals surface area contributed by atoms with Gasteiger partial charge >= 0.3 is 0 Å². The Hall–Kier alpha value is -3.02. The van der Waals surface area contributed by atoms with Crippen LogP contribution in [0.2, 0.25) is 0 Å². The number of hydrogen-bond acceptors (Lipinski definition) is 2. The van der Waals surface area contributed by atoms with E-state index in [1.165, 1.54) is 36.4 Å². The molecule has 2 aromatic carbocycles. The van der Waals surface area contributed by atoms with Crippen molar-refractivity contribution in [1.82, 2.24) is 0 Å². The second-order valence-corrected chi connectivity index (χ2v) is 4.82. The molecule has 0 spiro atoms. The van der Waals surface area contributed by atoms with Crippen LogP contribution >= 0.6 is 0 Å². The van der Waals surface area contributed by atoms with Crippen LogP contribution in [0.3, 0.4) is 0 Å². The van der Waals surface area contributed by atoms with Gasteiger partial charge in [-0.3, -0.25) is 14.5 Å². The van der Waals surface area contributed by atoms with Crippen LogP contribution in [0.25, 0.3) is 0 Å². The molecular weight excluding hydrogens is 302 g/mol. The number of benzene rings is 2. The molecule has 2 rings (SSSR count). The summed E-state index contributed by atoms with van der Waals surface area (Å²) in [5.74, 6) is -2.35. The Morgan fingerprint density at radius 2 is 1.61 bits per heavy atom. The van der Waals surface area contributed by atoms with Crippen LogP contribution in [0.4, 0.5) is 20.2 Å². The summed E-state index contributed by atoms with van der Waals surface area (Å²) in [4.78, 5) is 24.3. The maximum atomic E-state index is 13.8. The molecule has 6 heteroatoms. The number of aryl methyl sites for hydroxylation is 1. The number of nitrogens with two attached hydrogens (primary N) is 1. The third kappa shape index (κ3) is 4.00. The molecule has 0 heterocycles. The lowest BCUT2D eigenvalue weighted by atomic mass is 10.1. The number of hydrogen-bond donors (Lipinski definition) is 1. The molecule has 0 bridgehead atoms. The van der Waals surface area contributed by atoms with Gasteiger partial charge in [0.05, 0.1) is 5.69 Å². The first-order valence-corrected chi connectivity index (χ1v) is 6.72. The third-order valence-electron chi connectivity index (χ3n) is 3.11. The average molecular weight is 316 g/mol. The Kier molecular flexibility index (Phi) is 4.85. The molecule has 0 fully saturated rings. The second kappa shape index (κ2) is 6.83. The van der Waals surface area contributed by atoms with Gasteiger partial charge in [-0.15, -0.1) is 0 Å². The Morgan fingerprint density at radius 1 is 1.00 bits per heavy atom. The van der Waals surface area contributed by atoms with Gasteiger partial charge in [0.2, 0.25) is 5.91 Å². The molecule has 0 aliphatic carbocycles. The molecule has 23 heavy (non-hydrogen) atoms. The lowest BCUT2D eigenvalue weighted by molar-refractivity contribution is -0.115. The summed E-state index contributed by atoms with van der Waals surface area (Å²) in [6.45, 7) is 1.59. The summed E-state index contributed by atoms with van der Waals surface area (Å²) in [6.07, 6.45) is 1.88. The molecule has 0 saturated heterocycles. The molecule has 0 saturated carbocycles. The first kappa shape index (κ1) is 16.4. The van der Waals surface area contributed by atoms with E-state index in [0.717, 1.165) is 17.1 Å². The van der Waals surface area contributed by atoms with Crippen molar-refractivity contribution in [2.45, 2.75) is 6.92 Å². The summed E-state index contributed by atoms with van der Waals surface area (Å²) >= 11 is 0. The maximum absolute atomic E-state index is 13.8. The van der Waals surface area contributed by atoms with Crippen LogP contribution in [0.5, 0.6) is 0 Å². The first-order valence-electron chi connectivity index (χ1n) is 6.72. The van der Waals surface area contributed by atoms with Crippen LogP contribution in [-0.4, -0.2) is 11.8 Å². The summed E-state index contributed by atoms with van der Waals surface area (Å²) in [7, 11) is 0. The summed E-state index contributed by atoms with van der Waals surface area (Å²) in [6, 6.07) is 9.38. The number of halogens is 2. The highest BCUT2D eigenvalue weighted by atomic mass is 19.1. The largest absolute Gasteiger partial charge is 0.366 e. The molecule has 0 radical (unpaired) electrons. The highest BCUT2D eigenvalue weighted by Gasteiger charge is 2.17. The van der Waals surface area contributed by atoms with Crippen molar-refractivity contribution >= 4 is 23.2 Å². The molecule has 4 nitrogen and oxygen atoms in total. The van der Waals surface area contributed by atoms with Gasteiger partial charge in [0, 0.05) is 17.8 Å². The number of carbonyl (C=O) groups excluding carboxylic acids is 2. The summed E-state index contributed by atoms with van der Waals surface area (Å²) in [5, 5.41) is 0. The highest BCUT2D eigenvalue weighted by Crippen LogP contribution is 2.27. The molecule has 0 aliphatic heterocycles. The number of anilines is 2. The van der Waals surface area contributed by atoms with E-state index in [1.54, 1.807) is 13.0 Å². The van der Waals surface area contributed by atoms with Crippen LogP contribution < -0.4 is 10.6 Å². The van der Waals surface area contributed by atoms with Crippen molar-refractivity contribution in [2.24, 2.45) is 5.73 Å². The van der Waals surface area contributed by atoms with E-state index >= 15 is 0 Å². The van der Waals surface area contributed by atoms with Gasteiger partial charge < -0.3 is 5.73 Å². The molecule has 0 aliphatic rings. The van der Waals surface area contributed by atoms with Gasteiger partial charge in [-0.2, -0.15) is 0 Å². The van der Waals surface area contributed by atoms with Gasteiger partial charge in [0.1, 0.15) is 11.6 Å². The van der Waals surface area contributed by atoms with Gasteiger partial charge in [-0.25, -0.2) is 8.78 Å². The molecule has 2 aromatic rings. The van der Waals surface area contributed by atoms with Gasteiger partial charge in [0.15, 0.2) is 0 Å². The average Bonchev–Trinajstić information content (AvgIpc) is 2.51. The van der Waals surface area contributed by atoms with E-state index < -0.39 is 23.4 Å². The van der Waals surface area contributed by atoms with E-state index in [9.17, 15) is 18.4 Å². The van der Waals surface area contributed by atoms with Crippen LogP contribution in [0.15, 0.2) is 54.6 Å². The molecule has 2 N–H and O–H groups in total. The van der Waals surface area contributed by atoms with E-state index in [4.69, 9.17) is 5.73 Å². The molecular formula is C17H14F2N2O2. The van der Waals surface area contributed by atoms with Crippen LogP contribution in [0, 0.1) is 18.6 Å². The lowest BCUT2D eigenvalue weighted by Crippen LogP contribution is -2.24. The predicted molar refractivity (Wildman–Crippen MR) is 83.0 cm³/mol. The Labute approximate surface area is 131 Å². The zero-order valence-electron chi connectivity index (χ0n) is 12.3. The number of rotatable bonds is 4. The molecule has 118 valence electrons. The number of amides is 2. The highest BCUT2D eigenvalue weighted by molar-refractivity contribution is 6.09. The van der Waals surface area contributed by atoms with E-state index in [2.05, 4.69) is 0 Å². The third-order valence-corrected chi connectivity index (χ3v) is 3.11. The summed E-state index contributed by atoms with van der Waals surface area (Å²) in [5.41, 5.74) is 5.98. The summed E-state index contributed by atoms with van der Waals surface area (Å²) < 4.78 is 26.9. The number of primary amides is 1. The zero-order valence-corrected chi connectivity index (χ0v) is 12.3. The first-order chi connectivity index (χ1) is 10.9.